The second-order valence-electron chi connectivity index (χ2n) is 2.88. The molecule has 0 radical (unpaired) electrons. The molecule has 0 heterocycles. The Morgan fingerprint density at radius 1 is 1.60 bits per heavy atom. The number of benzene rings is 1. The maximum atomic E-state index is 13.2. The van der Waals surface area contributed by atoms with Gasteiger partial charge in [-0.3, -0.25) is 4.79 Å². The number of amides is 1. The molecule has 78 valence electrons. The Morgan fingerprint density at radius 3 is 2.93 bits per heavy atom. The minimum Gasteiger partial charge on any atom is -0.326 e. The molecule has 0 fully saturated rings. The molecular weight excluding hydrogens is 195 g/mol. The second-order valence-corrected chi connectivity index (χ2v) is 2.88. The van der Waals surface area contributed by atoms with Crippen molar-refractivity contribution >= 4 is 11.6 Å². The average Bonchev–Trinajstić information content (AvgIpc) is 2.18. The molecule has 0 aliphatic carbocycles. The van der Waals surface area contributed by atoms with Crippen molar-refractivity contribution in [3.8, 4) is 11.8 Å². The normalized spacial score (nSPS) is 9.00. The number of halogens is 1. The summed E-state index contributed by atoms with van der Waals surface area (Å²) in [5.74, 6) is 4.50. The molecular formula is C11H11FN2O. The maximum absolute atomic E-state index is 13.2. The molecule has 0 saturated carbocycles. The van der Waals surface area contributed by atoms with Crippen molar-refractivity contribution in [1.29, 1.82) is 0 Å². The van der Waals surface area contributed by atoms with Crippen LogP contribution in [0, 0.1) is 17.7 Å². The predicted molar refractivity (Wildman–Crippen MR) is 56.6 cm³/mol. The van der Waals surface area contributed by atoms with Gasteiger partial charge in [0.05, 0.1) is 12.1 Å². The highest BCUT2D eigenvalue weighted by atomic mass is 19.1. The summed E-state index contributed by atoms with van der Waals surface area (Å²) in [6.07, 6.45) is 0. The van der Waals surface area contributed by atoms with Crippen molar-refractivity contribution in [3.05, 3.63) is 29.6 Å². The fourth-order valence-electron chi connectivity index (χ4n) is 1.05. The maximum Gasteiger partial charge on any atom is 0.221 e. The van der Waals surface area contributed by atoms with Gasteiger partial charge in [-0.05, 0) is 18.2 Å². The number of carbonyl (C=O) groups is 1. The number of hydrogen-bond acceptors (Lipinski definition) is 2. The number of nitrogens with one attached hydrogen (secondary N) is 1. The largest absolute Gasteiger partial charge is 0.326 e. The zero-order valence-electron chi connectivity index (χ0n) is 8.30. The van der Waals surface area contributed by atoms with Gasteiger partial charge in [0, 0.05) is 12.6 Å². The average molecular weight is 206 g/mol. The SMILES string of the molecule is CC(=O)Nc1ccc(F)c(C#CCN)c1. The first kappa shape index (κ1) is 11.2. The van der Waals surface area contributed by atoms with Crippen LogP contribution in [-0.4, -0.2) is 12.5 Å². The molecule has 0 bridgehead atoms. The Morgan fingerprint density at radius 2 is 2.33 bits per heavy atom. The van der Waals surface area contributed by atoms with Crippen LogP contribution in [0.1, 0.15) is 12.5 Å². The summed E-state index contributed by atoms with van der Waals surface area (Å²) in [6.45, 7) is 1.55. The highest BCUT2D eigenvalue weighted by molar-refractivity contribution is 5.88. The van der Waals surface area contributed by atoms with Gasteiger partial charge < -0.3 is 11.1 Å². The molecule has 15 heavy (non-hydrogen) atoms. The van der Waals surface area contributed by atoms with Gasteiger partial charge in [0.1, 0.15) is 5.82 Å². The molecule has 0 aliphatic rings. The zero-order valence-corrected chi connectivity index (χ0v) is 8.30. The second kappa shape index (κ2) is 5.13. The third kappa shape index (κ3) is 3.41. The molecule has 4 heteroatoms. The number of hydrogen-bond donors (Lipinski definition) is 2. The summed E-state index contributed by atoms with van der Waals surface area (Å²) >= 11 is 0. The monoisotopic (exact) mass is 206 g/mol. The van der Waals surface area contributed by atoms with Crippen LogP contribution in [0.4, 0.5) is 10.1 Å². The van der Waals surface area contributed by atoms with Gasteiger partial charge in [0.15, 0.2) is 0 Å². The lowest BCUT2D eigenvalue weighted by Gasteiger charge is -2.02. The third-order valence-electron chi connectivity index (χ3n) is 1.61. The molecule has 1 amide bonds. The van der Waals surface area contributed by atoms with E-state index < -0.39 is 5.82 Å². The first-order valence-electron chi connectivity index (χ1n) is 4.39. The van der Waals surface area contributed by atoms with E-state index >= 15 is 0 Å². The van der Waals surface area contributed by atoms with E-state index in [9.17, 15) is 9.18 Å². The summed E-state index contributed by atoms with van der Waals surface area (Å²) in [4.78, 5) is 10.8. The third-order valence-corrected chi connectivity index (χ3v) is 1.61. The van der Waals surface area contributed by atoms with E-state index in [1.54, 1.807) is 0 Å². The van der Waals surface area contributed by atoms with Gasteiger partial charge in [-0.2, -0.15) is 0 Å². The summed E-state index contributed by atoms with van der Waals surface area (Å²) in [7, 11) is 0. The molecule has 1 rings (SSSR count). The zero-order chi connectivity index (χ0) is 11.3. The van der Waals surface area contributed by atoms with Gasteiger partial charge in [0.25, 0.3) is 0 Å². The lowest BCUT2D eigenvalue weighted by atomic mass is 10.2. The van der Waals surface area contributed by atoms with Crippen LogP contribution in [0.15, 0.2) is 18.2 Å². The summed E-state index contributed by atoms with van der Waals surface area (Å²) in [5.41, 5.74) is 5.93. The van der Waals surface area contributed by atoms with Crippen LogP contribution in [0.3, 0.4) is 0 Å². The number of rotatable bonds is 1. The van der Waals surface area contributed by atoms with Crippen molar-refractivity contribution < 1.29 is 9.18 Å². The van der Waals surface area contributed by atoms with E-state index in [-0.39, 0.29) is 18.0 Å². The summed E-state index contributed by atoms with van der Waals surface area (Å²) in [6, 6.07) is 4.20. The smallest absolute Gasteiger partial charge is 0.221 e. The minimum absolute atomic E-state index is 0.170. The predicted octanol–water partition coefficient (Wildman–Crippen LogP) is 1.09. The Balaban J connectivity index is 2.99. The van der Waals surface area contributed by atoms with E-state index in [0.717, 1.165) is 0 Å². The van der Waals surface area contributed by atoms with E-state index in [0.29, 0.717) is 5.69 Å². The van der Waals surface area contributed by atoms with Crippen LogP contribution in [0.2, 0.25) is 0 Å². The van der Waals surface area contributed by atoms with Crippen LogP contribution in [0.5, 0.6) is 0 Å². The quantitative estimate of drug-likeness (QED) is 0.676. The summed E-state index contributed by atoms with van der Waals surface area (Å²) in [5, 5.41) is 2.54. The Hall–Kier alpha value is -1.86. The van der Waals surface area contributed by atoms with E-state index in [2.05, 4.69) is 17.2 Å². The molecule has 0 atom stereocenters. The van der Waals surface area contributed by atoms with Crippen LogP contribution >= 0.6 is 0 Å². The Kier molecular flexibility index (Phi) is 3.83. The van der Waals surface area contributed by atoms with E-state index in [4.69, 9.17) is 5.73 Å². The molecule has 1 aromatic carbocycles. The fourth-order valence-corrected chi connectivity index (χ4v) is 1.05. The van der Waals surface area contributed by atoms with Crippen LogP contribution in [0.25, 0.3) is 0 Å². The van der Waals surface area contributed by atoms with Crippen molar-refractivity contribution in [2.24, 2.45) is 5.73 Å². The van der Waals surface area contributed by atoms with Gasteiger partial charge in [0.2, 0.25) is 5.91 Å². The van der Waals surface area contributed by atoms with Gasteiger partial charge in [-0.15, -0.1) is 0 Å². The molecule has 3 nitrogen and oxygen atoms in total. The molecule has 0 aromatic heterocycles. The summed E-state index contributed by atoms with van der Waals surface area (Å²) < 4.78 is 13.2. The van der Waals surface area contributed by atoms with Crippen LogP contribution in [-0.2, 0) is 4.79 Å². The first-order valence-corrected chi connectivity index (χ1v) is 4.39. The van der Waals surface area contributed by atoms with Gasteiger partial charge >= 0.3 is 0 Å². The van der Waals surface area contributed by atoms with E-state index in [1.165, 1.54) is 25.1 Å². The lowest BCUT2D eigenvalue weighted by Crippen LogP contribution is -2.06. The number of nitrogens with two attached hydrogens (primary N) is 1. The van der Waals surface area contributed by atoms with Crippen molar-refractivity contribution in [2.45, 2.75) is 6.92 Å². The minimum atomic E-state index is -0.426. The van der Waals surface area contributed by atoms with E-state index in [1.807, 2.05) is 0 Å². The Bertz CT molecular complexity index is 432. The molecule has 1 aromatic rings. The van der Waals surface area contributed by atoms with Gasteiger partial charge in [-0.1, -0.05) is 11.8 Å². The highest BCUT2D eigenvalue weighted by Crippen LogP contribution is 2.13. The fraction of sp³-hybridized carbons (Fsp3) is 0.182. The van der Waals surface area contributed by atoms with Gasteiger partial charge in [-0.25, -0.2) is 4.39 Å². The first-order chi connectivity index (χ1) is 7.13. The standard InChI is InChI=1S/C11H11FN2O/c1-8(15)14-10-4-5-11(12)9(7-10)3-2-6-13/h4-5,7H,6,13H2,1H3,(H,14,15). The molecule has 0 unspecified atom stereocenters. The molecule has 0 saturated heterocycles. The lowest BCUT2D eigenvalue weighted by molar-refractivity contribution is -0.114. The van der Waals surface area contributed by atoms with Crippen molar-refractivity contribution in [1.82, 2.24) is 0 Å². The highest BCUT2D eigenvalue weighted by Gasteiger charge is 2.01. The molecule has 0 spiro atoms. The van der Waals surface area contributed by atoms with Crippen molar-refractivity contribution in [3.63, 3.8) is 0 Å². The Labute approximate surface area is 87.5 Å². The van der Waals surface area contributed by atoms with Crippen molar-refractivity contribution in [2.75, 3.05) is 11.9 Å². The molecule has 0 aliphatic heterocycles. The number of anilines is 1. The van der Waals surface area contributed by atoms with Crippen LogP contribution < -0.4 is 11.1 Å². The molecule has 3 N–H and O–H groups in total. The number of carbonyl (C=O) groups excluding carboxylic acids is 1. The topological polar surface area (TPSA) is 55.1 Å².